The number of benzene rings is 1. The lowest BCUT2D eigenvalue weighted by Crippen LogP contribution is -2.22. The fourth-order valence-corrected chi connectivity index (χ4v) is 2.53. The molecule has 0 bridgehead atoms. The minimum Gasteiger partial charge on any atom is -0.484 e. The van der Waals surface area contributed by atoms with Gasteiger partial charge in [-0.25, -0.2) is 4.98 Å². The van der Waals surface area contributed by atoms with Crippen LogP contribution in [0.1, 0.15) is 25.2 Å². The summed E-state index contributed by atoms with van der Waals surface area (Å²) in [5, 5.41) is 4.00. The Morgan fingerprint density at radius 3 is 2.81 bits per heavy atom. The monoisotopic (exact) mass is 371 g/mol. The smallest absolute Gasteiger partial charge is 0.147 e. The van der Waals surface area contributed by atoms with Gasteiger partial charge in [-0.05, 0) is 22.0 Å². The van der Waals surface area contributed by atoms with Crippen molar-refractivity contribution in [3.8, 4) is 5.75 Å². The van der Waals surface area contributed by atoms with Gasteiger partial charge in [-0.15, -0.1) is 0 Å². The minimum atomic E-state index is 0.376. The summed E-state index contributed by atoms with van der Waals surface area (Å²) in [5.41, 5.74) is 1.11. The highest BCUT2D eigenvalue weighted by molar-refractivity contribution is 9.10. The lowest BCUT2D eigenvalue weighted by molar-refractivity contribution is 0.286. The van der Waals surface area contributed by atoms with Gasteiger partial charge in [0.15, 0.2) is 0 Å². The number of rotatable bonds is 6. The Hall–Kier alpha value is -1.04. The van der Waals surface area contributed by atoms with E-state index in [1.807, 2.05) is 23.7 Å². The van der Waals surface area contributed by atoms with E-state index >= 15 is 0 Å². The van der Waals surface area contributed by atoms with Crippen LogP contribution in [0, 0.1) is 0 Å². The molecule has 6 heteroatoms. The van der Waals surface area contributed by atoms with Gasteiger partial charge in [0, 0.05) is 25.2 Å². The SMILES string of the molecule is CC(C)NCc1cccc(Br)c1OCc1ncc(Cl)n1C. The molecule has 2 aromatic rings. The van der Waals surface area contributed by atoms with Crippen LogP contribution in [0.2, 0.25) is 5.15 Å². The first-order valence-corrected chi connectivity index (χ1v) is 7.95. The predicted octanol–water partition coefficient (Wildman–Crippen LogP) is 3.91. The zero-order valence-corrected chi connectivity index (χ0v) is 14.7. The maximum Gasteiger partial charge on any atom is 0.147 e. The zero-order chi connectivity index (χ0) is 15.4. The van der Waals surface area contributed by atoms with Gasteiger partial charge in [-0.1, -0.05) is 37.6 Å². The summed E-state index contributed by atoms with van der Waals surface area (Å²) in [6, 6.07) is 6.46. The molecule has 1 N–H and O–H groups in total. The van der Waals surface area contributed by atoms with Crippen molar-refractivity contribution in [1.29, 1.82) is 0 Å². The second kappa shape index (κ2) is 7.29. The number of halogens is 2. The highest BCUT2D eigenvalue weighted by Crippen LogP contribution is 2.30. The molecule has 4 nitrogen and oxygen atoms in total. The Morgan fingerprint density at radius 1 is 1.43 bits per heavy atom. The molecule has 0 saturated heterocycles. The van der Waals surface area contributed by atoms with Crippen LogP contribution in [0.25, 0.3) is 0 Å². The number of ether oxygens (including phenoxy) is 1. The van der Waals surface area contributed by atoms with Crippen LogP contribution in [0.3, 0.4) is 0 Å². The molecular formula is C15H19BrClN3O. The van der Waals surface area contributed by atoms with Crippen molar-refractivity contribution in [2.45, 2.75) is 33.0 Å². The summed E-state index contributed by atoms with van der Waals surface area (Å²) >= 11 is 9.53. The Bertz CT molecular complexity index is 613. The van der Waals surface area contributed by atoms with Crippen LogP contribution >= 0.6 is 27.5 Å². The van der Waals surface area contributed by atoms with E-state index in [1.165, 1.54) is 0 Å². The van der Waals surface area contributed by atoms with Crippen LogP contribution in [-0.4, -0.2) is 15.6 Å². The molecule has 2 rings (SSSR count). The van der Waals surface area contributed by atoms with Crippen molar-refractivity contribution in [1.82, 2.24) is 14.9 Å². The molecule has 0 saturated carbocycles. The van der Waals surface area contributed by atoms with E-state index in [0.29, 0.717) is 17.8 Å². The number of hydrogen-bond donors (Lipinski definition) is 1. The summed E-state index contributed by atoms with van der Waals surface area (Å²) in [7, 11) is 1.87. The number of nitrogens with one attached hydrogen (secondary N) is 1. The van der Waals surface area contributed by atoms with Crippen molar-refractivity contribution < 1.29 is 4.74 Å². The van der Waals surface area contributed by atoms with Crippen LogP contribution in [-0.2, 0) is 20.2 Å². The standard InChI is InChI=1S/C15H19BrClN3O/c1-10(2)18-7-11-5-4-6-12(16)15(11)21-9-14-19-8-13(17)20(14)3/h4-6,8,10,18H,7,9H2,1-3H3. The highest BCUT2D eigenvalue weighted by Gasteiger charge is 2.11. The van der Waals surface area contributed by atoms with Gasteiger partial charge in [0.05, 0.1) is 10.7 Å². The van der Waals surface area contributed by atoms with Gasteiger partial charge in [0.25, 0.3) is 0 Å². The second-order valence-electron chi connectivity index (χ2n) is 5.11. The molecule has 21 heavy (non-hydrogen) atoms. The topological polar surface area (TPSA) is 39.1 Å². The molecule has 0 atom stereocenters. The van der Waals surface area contributed by atoms with Gasteiger partial charge in [-0.3, -0.25) is 0 Å². The highest BCUT2D eigenvalue weighted by atomic mass is 79.9. The van der Waals surface area contributed by atoms with E-state index in [2.05, 4.69) is 46.1 Å². The summed E-state index contributed by atoms with van der Waals surface area (Å²) in [5.74, 6) is 1.63. The zero-order valence-electron chi connectivity index (χ0n) is 12.4. The molecule has 1 aromatic carbocycles. The molecule has 1 heterocycles. The summed E-state index contributed by atoms with van der Waals surface area (Å²) in [6.07, 6.45) is 1.63. The van der Waals surface area contributed by atoms with Crippen LogP contribution in [0.15, 0.2) is 28.9 Å². The largest absolute Gasteiger partial charge is 0.484 e. The third-order valence-electron chi connectivity index (χ3n) is 3.12. The molecule has 0 aliphatic rings. The van der Waals surface area contributed by atoms with E-state index < -0.39 is 0 Å². The average Bonchev–Trinajstić information content (AvgIpc) is 2.75. The minimum absolute atomic E-state index is 0.376. The number of para-hydroxylation sites is 1. The van der Waals surface area contributed by atoms with Crippen LogP contribution in [0.4, 0.5) is 0 Å². The van der Waals surface area contributed by atoms with Crippen molar-refractivity contribution in [2.75, 3.05) is 0 Å². The Morgan fingerprint density at radius 2 is 2.19 bits per heavy atom. The maximum absolute atomic E-state index is 5.98. The first-order valence-electron chi connectivity index (χ1n) is 6.78. The van der Waals surface area contributed by atoms with Gasteiger partial charge in [0.2, 0.25) is 0 Å². The summed E-state index contributed by atoms with van der Waals surface area (Å²) < 4.78 is 8.70. The average molecular weight is 373 g/mol. The van der Waals surface area contributed by atoms with Gasteiger partial charge in [-0.2, -0.15) is 0 Å². The molecule has 114 valence electrons. The van der Waals surface area contributed by atoms with Crippen LogP contribution < -0.4 is 10.1 Å². The molecule has 0 aliphatic heterocycles. The van der Waals surface area contributed by atoms with Gasteiger partial charge >= 0.3 is 0 Å². The first kappa shape index (κ1) is 16.3. The molecule has 0 fully saturated rings. The Labute approximate surface area is 138 Å². The summed E-state index contributed by atoms with van der Waals surface area (Å²) in [4.78, 5) is 4.24. The normalized spacial score (nSPS) is 11.1. The van der Waals surface area contributed by atoms with Crippen molar-refractivity contribution in [3.63, 3.8) is 0 Å². The molecule has 0 radical (unpaired) electrons. The molecule has 0 spiro atoms. The molecular weight excluding hydrogens is 354 g/mol. The van der Waals surface area contributed by atoms with Crippen molar-refractivity contribution >= 4 is 27.5 Å². The van der Waals surface area contributed by atoms with Crippen molar-refractivity contribution in [3.05, 3.63) is 45.4 Å². The quantitative estimate of drug-likeness (QED) is 0.835. The lowest BCUT2D eigenvalue weighted by Gasteiger charge is -2.15. The first-order chi connectivity index (χ1) is 9.99. The Balaban J connectivity index is 2.13. The molecule has 0 amide bonds. The van der Waals surface area contributed by atoms with E-state index in [-0.39, 0.29) is 0 Å². The van der Waals surface area contributed by atoms with E-state index in [4.69, 9.17) is 16.3 Å². The molecule has 0 unspecified atom stereocenters. The number of aromatic nitrogens is 2. The number of nitrogens with zero attached hydrogens (tertiary/aromatic N) is 2. The second-order valence-corrected chi connectivity index (χ2v) is 6.35. The van der Waals surface area contributed by atoms with E-state index in [9.17, 15) is 0 Å². The fraction of sp³-hybridized carbons (Fsp3) is 0.400. The third-order valence-corrected chi connectivity index (χ3v) is 4.10. The predicted molar refractivity (Wildman–Crippen MR) is 88.7 cm³/mol. The molecule has 0 aliphatic carbocycles. The Kier molecular flexibility index (Phi) is 5.67. The number of imidazole rings is 1. The number of hydrogen-bond acceptors (Lipinski definition) is 3. The van der Waals surface area contributed by atoms with E-state index in [1.54, 1.807) is 6.20 Å². The van der Waals surface area contributed by atoms with Crippen LogP contribution in [0.5, 0.6) is 5.75 Å². The van der Waals surface area contributed by atoms with Gasteiger partial charge in [0.1, 0.15) is 23.3 Å². The van der Waals surface area contributed by atoms with Crippen molar-refractivity contribution in [2.24, 2.45) is 7.05 Å². The summed E-state index contributed by atoms with van der Waals surface area (Å²) in [6.45, 7) is 5.37. The van der Waals surface area contributed by atoms with E-state index in [0.717, 1.165) is 28.2 Å². The lowest BCUT2D eigenvalue weighted by atomic mass is 10.2. The fourth-order valence-electron chi connectivity index (χ4n) is 1.86. The molecule has 1 aromatic heterocycles. The van der Waals surface area contributed by atoms with Gasteiger partial charge < -0.3 is 14.6 Å². The maximum atomic E-state index is 5.98. The third kappa shape index (κ3) is 4.22.